The Labute approximate surface area is 79.8 Å². The first kappa shape index (κ1) is 10.5. The van der Waals surface area contributed by atoms with Gasteiger partial charge in [0.25, 0.3) is 0 Å². The van der Waals surface area contributed by atoms with E-state index < -0.39 is 0 Å². The first-order valence-corrected chi connectivity index (χ1v) is 5.23. The molecule has 3 nitrogen and oxygen atoms in total. The summed E-state index contributed by atoms with van der Waals surface area (Å²) >= 11 is 0. The molecule has 1 fully saturated rings. The molecule has 0 amide bonds. The van der Waals surface area contributed by atoms with Crippen molar-refractivity contribution >= 4 is 5.97 Å². The van der Waals surface area contributed by atoms with Crippen LogP contribution in [0.25, 0.3) is 0 Å². The minimum atomic E-state index is -0.0969. The van der Waals surface area contributed by atoms with Crippen molar-refractivity contribution in [1.82, 2.24) is 5.32 Å². The molecule has 1 N–H and O–H groups in total. The maximum absolute atomic E-state index is 11.2. The lowest BCUT2D eigenvalue weighted by Gasteiger charge is -2.11. The summed E-state index contributed by atoms with van der Waals surface area (Å²) in [5, 5.41) is 3.03. The summed E-state index contributed by atoms with van der Waals surface area (Å²) in [5.74, 6) is -0.0969. The largest absolute Gasteiger partial charge is 0.461 e. The minimum absolute atomic E-state index is 0.0969. The number of hydrogen-bond acceptors (Lipinski definition) is 3. The summed E-state index contributed by atoms with van der Waals surface area (Å²) < 4.78 is 5.26. The molecule has 0 radical (unpaired) electrons. The highest BCUT2D eigenvalue weighted by molar-refractivity contribution is 5.71. The number of esters is 1. The van der Waals surface area contributed by atoms with E-state index in [2.05, 4.69) is 12.2 Å². The van der Waals surface area contributed by atoms with Gasteiger partial charge < -0.3 is 10.1 Å². The van der Waals surface area contributed by atoms with Gasteiger partial charge in [-0.15, -0.1) is 0 Å². The van der Waals surface area contributed by atoms with Crippen molar-refractivity contribution in [3.63, 3.8) is 0 Å². The molecular weight excluding hydrogens is 166 g/mol. The van der Waals surface area contributed by atoms with E-state index in [-0.39, 0.29) is 12.1 Å². The smallest absolute Gasteiger partial charge is 0.320 e. The van der Waals surface area contributed by atoms with E-state index in [9.17, 15) is 4.79 Å². The van der Waals surface area contributed by atoms with Crippen molar-refractivity contribution < 1.29 is 9.53 Å². The van der Waals surface area contributed by atoms with Gasteiger partial charge in [0.05, 0.1) is 6.54 Å². The molecule has 0 bridgehead atoms. The molecule has 1 aliphatic carbocycles. The highest BCUT2D eigenvalue weighted by Crippen LogP contribution is 2.20. The zero-order valence-electron chi connectivity index (χ0n) is 8.34. The lowest BCUT2D eigenvalue weighted by atomic mass is 10.3. The normalized spacial score (nSPS) is 17.6. The van der Waals surface area contributed by atoms with Gasteiger partial charge in [0, 0.05) is 0 Å². The Morgan fingerprint density at radius 3 is 2.77 bits per heavy atom. The van der Waals surface area contributed by atoms with Gasteiger partial charge in [0.2, 0.25) is 0 Å². The van der Waals surface area contributed by atoms with Gasteiger partial charge in [0.15, 0.2) is 0 Å². The predicted octanol–water partition coefficient (Wildman–Crippen LogP) is 1.47. The van der Waals surface area contributed by atoms with E-state index in [1.165, 1.54) is 12.8 Å². The monoisotopic (exact) mass is 185 g/mol. The van der Waals surface area contributed by atoms with Crippen LogP contribution in [0.3, 0.4) is 0 Å². The second kappa shape index (κ2) is 5.97. The molecule has 0 aromatic heterocycles. The van der Waals surface area contributed by atoms with Crippen LogP contribution in [0.4, 0.5) is 0 Å². The Hall–Kier alpha value is -0.570. The van der Waals surface area contributed by atoms with E-state index in [4.69, 9.17) is 4.74 Å². The summed E-state index contributed by atoms with van der Waals surface area (Å²) in [6, 6.07) is 0. The Morgan fingerprint density at radius 2 is 2.15 bits per heavy atom. The number of ether oxygens (including phenoxy) is 1. The van der Waals surface area contributed by atoms with Gasteiger partial charge in [-0.25, -0.2) is 0 Å². The van der Waals surface area contributed by atoms with Crippen LogP contribution in [0.5, 0.6) is 0 Å². The Bertz CT molecular complexity index is 153. The van der Waals surface area contributed by atoms with E-state index in [0.717, 1.165) is 25.8 Å². The van der Waals surface area contributed by atoms with Crippen LogP contribution in [-0.2, 0) is 9.53 Å². The number of rotatable bonds is 5. The van der Waals surface area contributed by atoms with Crippen LogP contribution in [-0.4, -0.2) is 25.2 Å². The summed E-state index contributed by atoms with van der Waals surface area (Å²) in [6.45, 7) is 3.33. The molecule has 0 heterocycles. The zero-order chi connectivity index (χ0) is 9.52. The van der Waals surface area contributed by atoms with Gasteiger partial charge in [-0.05, 0) is 38.6 Å². The molecule has 0 aromatic carbocycles. The maximum atomic E-state index is 11.2. The van der Waals surface area contributed by atoms with E-state index >= 15 is 0 Å². The quantitative estimate of drug-likeness (QED) is 0.520. The van der Waals surface area contributed by atoms with Crippen molar-refractivity contribution in [2.45, 2.75) is 45.1 Å². The van der Waals surface area contributed by atoms with Crippen LogP contribution in [0.1, 0.15) is 39.0 Å². The fourth-order valence-corrected chi connectivity index (χ4v) is 1.60. The van der Waals surface area contributed by atoms with E-state index in [1.54, 1.807) is 0 Å². The molecule has 1 saturated carbocycles. The van der Waals surface area contributed by atoms with Gasteiger partial charge in [0.1, 0.15) is 6.10 Å². The zero-order valence-corrected chi connectivity index (χ0v) is 8.34. The SMILES string of the molecule is CCCNCC(=O)OC1CCCC1. The molecule has 0 atom stereocenters. The number of nitrogens with one attached hydrogen (secondary N) is 1. The fourth-order valence-electron chi connectivity index (χ4n) is 1.60. The lowest BCUT2D eigenvalue weighted by molar-refractivity contribution is -0.147. The first-order valence-electron chi connectivity index (χ1n) is 5.23. The third kappa shape index (κ3) is 4.27. The Balaban J connectivity index is 2.02. The van der Waals surface area contributed by atoms with Crippen LogP contribution in [0.15, 0.2) is 0 Å². The highest BCUT2D eigenvalue weighted by atomic mass is 16.5. The molecule has 76 valence electrons. The molecule has 0 aromatic rings. The molecule has 0 spiro atoms. The fraction of sp³-hybridized carbons (Fsp3) is 0.900. The maximum Gasteiger partial charge on any atom is 0.320 e. The Morgan fingerprint density at radius 1 is 1.46 bits per heavy atom. The van der Waals surface area contributed by atoms with Gasteiger partial charge in [-0.2, -0.15) is 0 Å². The van der Waals surface area contributed by atoms with Crippen molar-refractivity contribution in [3.05, 3.63) is 0 Å². The average Bonchev–Trinajstić information content (AvgIpc) is 2.57. The lowest BCUT2D eigenvalue weighted by Crippen LogP contribution is -2.27. The molecule has 0 unspecified atom stereocenters. The summed E-state index contributed by atoms with van der Waals surface area (Å²) in [7, 11) is 0. The number of carbonyl (C=O) groups excluding carboxylic acids is 1. The average molecular weight is 185 g/mol. The summed E-state index contributed by atoms with van der Waals surface area (Å²) in [5.41, 5.74) is 0. The summed E-state index contributed by atoms with van der Waals surface area (Å²) in [6.07, 6.45) is 5.78. The third-order valence-corrected chi connectivity index (χ3v) is 2.30. The molecule has 1 aliphatic rings. The van der Waals surface area contributed by atoms with E-state index in [0.29, 0.717) is 6.54 Å². The molecule has 0 saturated heterocycles. The van der Waals surface area contributed by atoms with Gasteiger partial charge >= 0.3 is 5.97 Å². The second-order valence-corrected chi connectivity index (χ2v) is 3.57. The summed E-state index contributed by atoms with van der Waals surface area (Å²) in [4.78, 5) is 11.2. The van der Waals surface area contributed by atoms with Gasteiger partial charge in [-0.1, -0.05) is 6.92 Å². The van der Waals surface area contributed by atoms with Crippen LogP contribution in [0.2, 0.25) is 0 Å². The predicted molar refractivity (Wildman–Crippen MR) is 51.5 cm³/mol. The molecule has 1 rings (SSSR count). The number of carbonyl (C=O) groups is 1. The highest BCUT2D eigenvalue weighted by Gasteiger charge is 2.18. The second-order valence-electron chi connectivity index (χ2n) is 3.57. The Kier molecular flexibility index (Phi) is 4.83. The molecule has 3 heteroatoms. The molecule has 0 aliphatic heterocycles. The first-order chi connectivity index (χ1) is 6.33. The van der Waals surface area contributed by atoms with Crippen LogP contribution >= 0.6 is 0 Å². The van der Waals surface area contributed by atoms with Crippen molar-refractivity contribution in [2.75, 3.05) is 13.1 Å². The van der Waals surface area contributed by atoms with Gasteiger partial charge in [-0.3, -0.25) is 4.79 Å². The molecular formula is C10H19NO2. The third-order valence-electron chi connectivity index (χ3n) is 2.30. The minimum Gasteiger partial charge on any atom is -0.461 e. The number of hydrogen-bond donors (Lipinski definition) is 1. The standard InChI is InChI=1S/C10H19NO2/c1-2-7-11-8-10(12)13-9-5-3-4-6-9/h9,11H,2-8H2,1H3. The van der Waals surface area contributed by atoms with Crippen molar-refractivity contribution in [3.8, 4) is 0 Å². The van der Waals surface area contributed by atoms with E-state index in [1.807, 2.05) is 0 Å². The van der Waals surface area contributed by atoms with Crippen LogP contribution < -0.4 is 5.32 Å². The van der Waals surface area contributed by atoms with Crippen molar-refractivity contribution in [1.29, 1.82) is 0 Å². The van der Waals surface area contributed by atoms with Crippen molar-refractivity contribution in [2.24, 2.45) is 0 Å². The topological polar surface area (TPSA) is 38.3 Å². The molecule has 13 heavy (non-hydrogen) atoms. The van der Waals surface area contributed by atoms with Crippen LogP contribution in [0, 0.1) is 0 Å².